The third-order valence-electron chi connectivity index (χ3n) is 4.18. The predicted molar refractivity (Wildman–Crippen MR) is 112 cm³/mol. The van der Waals surface area contributed by atoms with Gasteiger partial charge in [-0.25, -0.2) is 0 Å². The monoisotopic (exact) mass is 393 g/mol. The Bertz CT molecular complexity index is 732. The molecule has 0 atom stereocenters. The van der Waals surface area contributed by atoms with E-state index in [0.29, 0.717) is 24.2 Å². The van der Waals surface area contributed by atoms with Crippen LogP contribution in [0.15, 0.2) is 17.6 Å². The predicted octanol–water partition coefficient (Wildman–Crippen LogP) is 4.02. The molecule has 0 amide bonds. The molecule has 145 valence electrons. The molecular formula is C21H33O3SSi. The van der Waals surface area contributed by atoms with Gasteiger partial charge in [-0.2, -0.15) is 8.42 Å². The van der Waals surface area contributed by atoms with E-state index in [1.165, 1.54) is 22.8 Å². The smallest absolute Gasteiger partial charge is 0.282 e. The Kier molecular flexibility index (Phi) is 8.77. The Hall–Kier alpha value is -0.913. The van der Waals surface area contributed by atoms with E-state index in [4.69, 9.17) is 4.55 Å². The van der Waals surface area contributed by atoms with Crippen LogP contribution in [0, 0.1) is 17.8 Å². The molecule has 0 spiro atoms. The molecule has 0 bridgehead atoms. The Balaban J connectivity index is 3.48. The van der Waals surface area contributed by atoms with Crippen molar-refractivity contribution in [2.75, 3.05) is 0 Å². The van der Waals surface area contributed by atoms with Crippen LogP contribution in [0.5, 0.6) is 0 Å². The van der Waals surface area contributed by atoms with E-state index in [1.807, 2.05) is 0 Å². The topological polar surface area (TPSA) is 54.4 Å². The zero-order chi connectivity index (χ0) is 20.1. The van der Waals surface area contributed by atoms with Crippen LogP contribution in [0.1, 0.15) is 63.8 Å². The number of hydrogen-bond donors (Lipinski definition) is 1. The highest BCUT2D eigenvalue weighted by molar-refractivity contribution is 7.88. The minimum atomic E-state index is -4.09. The van der Waals surface area contributed by atoms with E-state index >= 15 is 0 Å². The van der Waals surface area contributed by atoms with Crippen LogP contribution in [0.3, 0.4) is 0 Å². The summed E-state index contributed by atoms with van der Waals surface area (Å²) in [5.74, 6) is 1.66. The van der Waals surface area contributed by atoms with Gasteiger partial charge in [-0.05, 0) is 65.7 Å². The molecule has 0 fully saturated rings. The first-order valence-electron chi connectivity index (χ1n) is 9.42. The molecule has 26 heavy (non-hydrogen) atoms. The summed E-state index contributed by atoms with van der Waals surface area (Å²) < 4.78 is 30.9. The van der Waals surface area contributed by atoms with Crippen LogP contribution in [0.4, 0.5) is 0 Å². The Morgan fingerprint density at radius 3 is 1.88 bits per heavy atom. The molecule has 3 radical (unpaired) electrons. The Morgan fingerprint density at radius 1 is 0.923 bits per heavy atom. The molecule has 0 heterocycles. The second kappa shape index (κ2) is 9.86. The summed E-state index contributed by atoms with van der Waals surface area (Å²) in [6.45, 7) is 13.4. The second-order valence-electron chi connectivity index (χ2n) is 8.41. The lowest BCUT2D eigenvalue weighted by Crippen LogP contribution is -2.23. The number of rotatable bonds is 9. The molecule has 1 aromatic carbocycles. The Labute approximate surface area is 163 Å². The molecule has 1 rings (SSSR count). The lowest BCUT2D eigenvalue weighted by Gasteiger charge is -2.24. The van der Waals surface area contributed by atoms with Gasteiger partial charge >= 0.3 is 0 Å². The van der Waals surface area contributed by atoms with Crippen molar-refractivity contribution >= 4 is 25.5 Å². The van der Waals surface area contributed by atoms with E-state index < -0.39 is 10.1 Å². The standard InChI is InChI=1S/C21H33O3SSi/c1-14(2)10-18-13-17(8-7-9-25(22,23)24)21(26)20(12-16(5)6)19(18)11-15(3)4/h7,9,13-16H,8,10-12H2,1-6H3,(H,22,23,24). The third-order valence-corrected chi connectivity index (χ3v) is 5.34. The zero-order valence-electron chi connectivity index (χ0n) is 17.0. The van der Waals surface area contributed by atoms with Crippen molar-refractivity contribution in [3.8, 4) is 0 Å². The summed E-state index contributed by atoms with van der Waals surface area (Å²) in [4.78, 5) is 0. The number of benzene rings is 1. The molecule has 0 aromatic heterocycles. The van der Waals surface area contributed by atoms with E-state index in [0.717, 1.165) is 35.4 Å². The molecule has 1 aromatic rings. The first kappa shape index (κ1) is 23.1. The molecule has 0 aliphatic heterocycles. The van der Waals surface area contributed by atoms with Crippen LogP contribution in [0.25, 0.3) is 0 Å². The van der Waals surface area contributed by atoms with Gasteiger partial charge in [-0.3, -0.25) is 4.55 Å². The van der Waals surface area contributed by atoms with E-state index in [-0.39, 0.29) is 0 Å². The van der Waals surface area contributed by atoms with Gasteiger partial charge in [0.15, 0.2) is 0 Å². The van der Waals surface area contributed by atoms with Crippen LogP contribution in [-0.2, 0) is 35.8 Å². The van der Waals surface area contributed by atoms with Crippen LogP contribution < -0.4 is 5.19 Å². The summed E-state index contributed by atoms with van der Waals surface area (Å²) in [6.07, 6.45) is 5.02. The van der Waals surface area contributed by atoms with Gasteiger partial charge in [0.1, 0.15) is 0 Å². The molecular weight excluding hydrogens is 360 g/mol. The summed E-state index contributed by atoms with van der Waals surface area (Å²) in [5, 5.41) is 1.94. The fraction of sp³-hybridized carbons (Fsp3) is 0.619. The second-order valence-corrected chi connectivity index (χ2v) is 10.2. The van der Waals surface area contributed by atoms with Gasteiger partial charge in [0.2, 0.25) is 0 Å². The SMILES string of the molecule is CC(C)Cc1cc(CC=CS(=O)(=O)O)c([Si])c(CC(C)C)c1CC(C)C. The van der Waals surface area contributed by atoms with Gasteiger partial charge in [0.25, 0.3) is 10.1 Å². The maximum atomic E-state index is 11.0. The number of hydrogen-bond acceptors (Lipinski definition) is 2. The largest absolute Gasteiger partial charge is 0.287 e. The fourth-order valence-electron chi connectivity index (χ4n) is 3.28. The van der Waals surface area contributed by atoms with E-state index in [2.05, 4.69) is 57.9 Å². The van der Waals surface area contributed by atoms with Crippen molar-refractivity contribution in [2.24, 2.45) is 17.8 Å². The molecule has 3 nitrogen and oxygen atoms in total. The maximum absolute atomic E-state index is 11.0. The average Bonchev–Trinajstić information content (AvgIpc) is 2.44. The fourth-order valence-corrected chi connectivity index (χ4v) is 4.05. The Morgan fingerprint density at radius 2 is 1.42 bits per heavy atom. The van der Waals surface area contributed by atoms with E-state index in [1.54, 1.807) is 0 Å². The highest BCUT2D eigenvalue weighted by Crippen LogP contribution is 2.25. The van der Waals surface area contributed by atoms with Gasteiger partial charge in [0.05, 0.1) is 15.7 Å². The summed E-state index contributed by atoms with van der Waals surface area (Å²) in [5.41, 5.74) is 5.22. The molecule has 0 saturated heterocycles. The quantitative estimate of drug-likeness (QED) is 0.509. The van der Waals surface area contributed by atoms with Crippen LogP contribution in [0.2, 0.25) is 0 Å². The summed E-state index contributed by atoms with van der Waals surface area (Å²) >= 11 is 0. The van der Waals surface area contributed by atoms with Gasteiger partial charge in [-0.1, -0.05) is 58.9 Å². The van der Waals surface area contributed by atoms with E-state index in [9.17, 15) is 8.42 Å². The molecule has 0 aliphatic carbocycles. The first-order valence-corrected chi connectivity index (χ1v) is 11.4. The van der Waals surface area contributed by atoms with Gasteiger partial charge in [-0.15, -0.1) is 0 Å². The highest BCUT2D eigenvalue weighted by Gasteiger charge is 2.17. The van der Waals surface area contributed by atoms with Crippen molar-refractivity contribution in [3.05, 3.63) is 39.8 Å². The minimum absolute atomic E-state index is 0.469. The average molecular weight is 394 g/mol. The van der Waals surface area contributed by atoms with Crippen molar-refractivity contribution in [1.82, 2.24) is 0 Å². The molecule has 1 N–H and O–H groups in total. The summed E-state index contributed by atoms with van der Waals surface area (Å²) in [7, 11) is -0.240. The molecule has 5 heteroatoms. The molecule has 0 aliphatic rings. The molecule has 0 unspecified atom stereocenters. The van der Waals surface area contributed by atoms with Crippen molar-refractivity contribution in [2.45, 2.75) is 67.2 Å². The van der Waals surface area contributed by atoms with Crippen LogP contribution in [-0.4, -0.2) is 23.2 Å². The van der Waals surface area contributed by atoms with Gasteiger partial charge < -0.3 is 0 Å². The maximum Gasteiger partial charge on any atom is 0.287 e. The third kappa shape index (κ3) is 7.76. The zero-order valence-corrected chi connectivity index (χ0v) is 18.8. The first-order chi connectivity index (χ1) is 11.9. The van der Waals surface area contributed by atoms with Crippen molar-refractivity contribution in [3.63, 3.8) is 0 Å². The normalized spacial score (nSPS) is 12.9. The van der Waals surface area contributed by atoms with Crippen molar-refractivity contribution in [1.29, 1.82) is 0 Å². The summed E-state index contributed by atoms with van der Waals surface area (Å²) in [6, 6.07) is 2.21. The lowest BCUT2D eigenvalue weighted by atomic mass is 9.84. The highest BCUT2D eigenvalue weighted by atomic mass is 32.2. The van der Waals surface area contributed by atoms with Gasteiger partial charge in [0, 0.05) is 0 Å². The minimum Gasteiger partial charge on any atom is -0.282 e. The van der Waals surface area contributed by atoms with Crippen molar-refractivity contribution < 1.29 is 13.0 Å². The number of allylic oxidation sites excluding steroid dienone is 1. The molecule has 0 saturated carbocycles. The lowest BCUT2D eigenvalue weighted by molar-refractivity contribution is 0.494. The van der Waals surface area contributed by atoms with Crippen LogP contribution >= 0.6 is 0 Å².